The van der Waals surface area contributed by atoms with Crippen LogP contribution < -0.4 is 9.05 Å². The third-order valence-corrected chi connectivity index (χ3v) is 5.91. The Hall–Kier alpha value is -1.11. The summed E-state index contributed by atoms with van der Waals surface area (Å²) >= 11 is 10.2. The summed E-state index contributed by atoms with van der Waals surface area (Å²) in [6, 6.07) is 19.8. The molecule has 0 bridgehead atoms. The van der Waals surface area contributed by atoms with E-state index in [-0.39, 0.29) is 11.5 Å². The first-order valence-electron chi connectivity index (χ1n) is 7.36. The highest BCUT2D eigenvalue weighted by Gasteiger charge is 2.27. The SMILES string of the molecule is O=P(O)(Oc1ccccc1)Oc1c(Br)cc(-c2ccc(Br)cc2)cc1Br. The van der Waals surface area contributed by atoms with Crippen LogP contribution in [0.25, 0.3) is 11.1 Å². The van der Waals surface area contributed by atoms with Crippen LogP contribution >= 0.6 is 55.6 Å². The summed E-state index contributed by atoms with van der Waals surface area (Å²) in [7, 11) is -4.35. The second kappa shape index (κ2) is 8.28. The quantitative estimate of drug-likeness (QED) is 0.334. The Labute approximate surface area is 176 Å². The van der Waals surface area contributed by atoms with E-state index in [0.29, 0.717) is 8.95 Å². The number of phosphoric ester groups is 1. The van der Waals surface area contributed by atoms with Gasteiger partial charge in [-0.05, 0) is 79.4 Å². The zero-order valence-electron chi connectivity index (χ0n) is 13.1. The van der Waals surface area contributed by atoms with Crippen LogP contribution in [0.15, 0.2) is 80.1 Å². The van der Waals surface area contributed by atoms with Crippen molar-refractivity contribution in [3.05, 3.63) is 80.1 Å². The van der Waals surface area contributed by atoms with Crippen molar-refractivity contribution in [3.63, 3.8) is 0 Å². The Morgan fingerprint density at radius 3 is 1.92 bits per heavy atom. The summed E-state index contributed by atoms with van der Waals surface area (Å²) in [6.45, 7) is 0. The van der Waals surface area contributed by atoms with Crippen molar-refractivity contribution in [2.75, 3.05) is 0 Å². The number of hydrogen-bond donors (Lipinski definition) is 1. The van der Waals surface area contributed by atoms with Crippen molar-refractivity contribution >= 4 is 55.6 Å². The van der Waals surface area contributed by atoms with Crippen molar-refractivity contribution in [3.8, 4) is 22.6 Å². The van der Waals surface area contributed by atoms with E-state index in [1.54, 1.807) is 30.3 Å². The molecular weight excluding hydrogens is 551 g/mol. The van der Waals surface area contributed by atoms with Crippen LogP contribution in [0, 0.1) is 0 Å². The second-order valence-electron chi connectivity index (χ2n) is 5.24. The molecule has 0 spiro atoms. The van der Waals surface area contributed by atoms with E-state index in [1.165, 1.54) is 0 Å². The maximum Gasteiger partial charge on any atom is 0.584 e. The van der Waals surface area contributed by atoms with E-state index in [9.17, 15) is 9.46 Å². The largest absolute Gasteiger partial charge is 0.584 e. The summed E-state index contributed by atoms with van der Waals surface area (Å²) < 4.78 is 24.7. The summed E-state index contributed by atoms with van der Waals surface area (Å²) in [5, 5.41) is 0. The summed E-state index contributed by atoms with van der Waals surface area (Å²) in [4.78, 5) is 10.1. The van der Waals surface area contributed by atoms with E-state index >= 15 is 0 Å². The molecule has 0 heterocycles. The van der Waals surface area contributed by atoms with E-state index in [2.05, 4.69) is 47.8 Å². The van der Waals surface area contributed by atoms with Gasteiger partial charge in [0.05, 0.1) is 8.95 Å². The Morgan fingerprint density at radius 1 is 0.769 bits per heavy atom. The minimum atomic E-state index is -4.35. The van der Waals surface area contributed by atoms with Crippen molar-refractivity contribution in [1.82, 2.24) is 0 Å². The first kappa shape index (κ1) is 19.6. The van der Waals surface area contributed by atoms with Crippen LogP contribution in [0.4, 0.5) is 0 Å². The van der Waals surface area contributed by atoms with Crippen molar-refractivity contribution < 1.29 is 18.5 Å². The maximum atomic E-state index is 12.3. The smallest absolute Gasteiger partial charge is 0.395 e. The van der Waals surface area contributed by atoms with Crippen molar-refractivity contribution in [1.29, 1.82) is 0 Å². The average Bonchev–Trinajstić information content (AvgIpc) is 2.59. The number of para-hydroxylation sites is 1. The molecule has 1 unspecified atom stereocenters. The second-order valence-corrected chi connectivity index (χ2v) is 9.17. The van der Waals surface area contributed by atoms with E-state index in [1.807, 2.05) is 36.4 Å². The molecule has 3 rings (SSSR count). The molecule has 4 nitrogen and oxygen atoms in total. The van der Waals surface area contributed by atoms with Crippen molar-refractivity contribution in [2.24, 2.45) is 0 Å². The van der Waals surface area contributed by atoms with Gasteiger partial charge in [0.25, 0.3) is 0 Å². The van der Waals surface area contributed by atoms with Crippen LogP contribution in [0.1, 0.15) is 0 Å². The maximum absolute atomic E-state index is 12.3. The first-order chi connectivity index (χ1) is 12.3. The molecule has 0 aliphatic heterocycles. The predicted molar refractivity (Wildman–Crippen MR) is 113 cm³/mol. The van der Waals surface area contributed by atoms with Gasteiger partial charge < -0.3 is 9.05 Å². The molecule has 8 heteroatoms. The fourth-order valence-electron chi connectivity index (χ4n) is 2.20. The van der Waals surface area contributed by atoms with Gasteiger partial charge in [0.15, 0.2) is 5.75 Å². The highest BCUT2D eigenvalue weighted by molar-refractivity contribution is 9.11. The van der Waals surface area contributed by atoms with Gasteiger partial charge in [-0.1, -0.05) is 46.3 Å². The monoisotopic (exact) mass is 560 g/mol. The van der Waals surface area contributed by atoms with E-state index in [0.717, 1.165) is 15.6 Å². The molecular formula is C18H12Br3O4P. The van der Waals surface area contributed by atoms with Gasteiger partial charge in [0.1, 0.15) is 5.75 Å². The molecule has 3 aromatic carbocycles. The van der Waals surface area contributed by atoms with Gasteiger partial charge >= 0.3 is 7.82 Å². The lowest BCUT2D eigenvalue weighted by Gasteiger charge is -2.16. The van der Waals surface area contributed by atoms with E-state index in [4.69, 9.17) is 9.05 Å². The minimum Gasteiger partial charge on any atom is -0.395 e. The van der Waals surface area contributed by atoms with Crippen LogP contribution in [0.3, 0.4) is 0 Å². The normalized spacial score (nSPS) is 13.1. The molecule has 26 heavy (non-hydrogen) atoms. The lowest BCUT2D eigenvalue weighted by Crippen LogP contribution is -2.01. The number of phosphoric acid groups is 1. The van der Waals surface area contributed by atoms with Gasteiger partial charge in [-0.2, -0.15) is 0 Å². The molecule has 1 N–H and O–H groups in total. The lowest BCUT2D eigenvalue weighted by atomic mass is 10.1. The molecule has 0 fully saturated rings. The van der Waals surface area contributed by atoms with Gasteiger partial charge in [0, 0.05) is 4.47 Å². The molecule has 134 valence electrons. The molecule has 3 aromatic rings. The summed E-state index contributed by atoms with van der Waals surface area (Å²) in [5.41, 5.74) is 1.91. The molecule has 0 aromatic heterocycles. The minimum absolute atomic E-state index is 0.188. The fraction of sp³-hybridized carbons (Fsp3) is 0. The molecule has 0 saturated carbocycles. The average molecular weight is 563 g/mol. The lowest BCUT2D eigenvalue weighted by molar-refractivity contribution is 0.289. The number of hydrogen-bond acceptors (Lipinski definition) is 3. The highest BCUT2D eigenvalue weighted by Crippen LogP contribution is 2.49. The number of rotatable bonds is 5. The standard InChI is InChI=1S/C18H12Br3O4P/c19-14-8-6-12(7-9-14)13-10-16(20)18(17(21)11-13)25-26(22,23)24-15-4-2-1-3-5-15/h1-11H,(H,22,23). The topological polar surface area (TPSA) is 55.8 Å². The predicted octanol–water partition coefficient (Wildman–Crippen LogP) is 7.20. The van der Waals surface area contributed by atoms with Gasteiger partial charge in [-0.15, -0.1) is 0 Å². The Kier molecular flexibility index (Phi) is 6.25. The van der Waals surface area contributed by atoms with Crippen LogP contribution in [0.2, 0.25) is 0 Å². The van der Waals surface area contributed by atoms with Crippen LogP contribution in [-0.4, -0.2) is 4.89 Å². The van der Waals surface area contributed by atoms with Crippen molar-refractivity contribution in [2.45, 2.75) is 0 Å². The fourth-order valence-corrected chi connectivity index (χ4v) is 4.92. The van der Waals surface area contributed by atoms with Gasteiger partial charge in [0.2, 0.25) is 0 Å². The molecule has 0 saturated heterocycles. The highest BCUT2D eigenvalue weighted by atomic mass is 79.9. The molecule has 1 atom stereocenters. The number of benzene rings is 3. The zero-order valence-corrected chi connectivity index (χ0v) is 18.8. The van der Waals surface area contributed by atoms with Gasteiger partial charge in [-0.3, -0.25) is 4.89 Å². The third kappa shape index (κ3) is 4.99. The molecule has 0 aliphatic rings. The molecule has 0 radical (unpaired) electrons. The molecule has 0 aliphatic carbocycles. The Bertz CT molecular complexity index is 939. The molecule has 0 amide bonds. The van der Waals surface area contributed by atoms with Crippen LogP contribution in [0.5, 0.6) is 11.5 Å². The van der Waals surface area contributed by atoms with E-state index < -0.39 is 7.82 Å². The number of halogens is 3. The first-order valence-corrected chi connectivity index (χ1v) is 11.2. The van der Waals surface area contributed by atoms with Crippen LogP contribution in [-0.2, 0) is 4.57 Å². The summed E-state index contributed by atoms with van der Waals surface area (Å²) in [6.07, 6.45) is 0. The Morgan fingerprint density at radius 2 is 1.35 bits per heavy atom. The third-order valence-electron chi connectivity index (χ3n) is 3.35. The van der Waals surface area contributed by atoms with Gasteiger partial charge in [-0.25, -0.2) is 4.57 Å². The zero-order chi connectivity index (χ0) is 18.7. The summed E-state index contributed by atoms with van der Waals surface area (Å²) in [5.74, 6) is 0.435. The Balaban J connectivity index is 1.86.